The second kappa shape index (κ2) is 65.7. The molecule has 22 N–H and O–H groups in total. The van der Waals surface area contributed by atoms with Gasteiger partial charge in [-0.2, -0.15) is 0 Å². The third-order valence-electron chi connectivity index (χ3n) is 22.8. The summed E-state index contributed by atoms with van der Waals surface area (Å²) in [6.07, 6.45) is -10.2. The van der Waals surface area contributed by atoms with Crippen LogP contribution in [0, 0.1) is 0 Å². The van der Waals surface area contributed by atoms with Crippen molar-refractivity contribution in [3.8, 4) is 0 Å². The molecule has 0 saturated carbocycles. The number of hydrogen-bond acceptors (Lipinski definition) is 35. The predicted octanol–water partition coefficient (Wildman–Crippen LogP) is -5.04. The number of carbonyl (C=O) groups excluding carboxylic acids is 12. The molecule has 5 heterocycles. The van der Waals surface area contributed by atoms with Crippen molar-refractivity contribution in [2.75, 3.05) is 126 Å². The Morgan fingerprint density at radius 1 is 0.351 bits per heavy atom. The van der Waals surface area contributed by atoms with E-state index in [0.717, 1.165) is 52.1 Å². The Hall–Kier alpha value is -7.05. The molecule has 5 fully saturated rings. The zero-order chi connectivity index (χ0) is 98.5. The Morgan fingerprint density at radius 2 is 0.679 bits per heavy atom. The van der Waals surface area contributed by atoms with E-state index in [4.69, 9.17) is 51.9 Å². The van der Waals surface area contributed by atoms with Crippen LogP contribution in [0.25, 0.3) is 0 Å². The average molecular weight is 1950 g/mol. The highest BCUT2D eigenvalue weighted by Gasteiger charge is 2.51. The van der Waals surface area contributed by atoms with Crippen LogP contribution in [0.5, 0.6) is 0 Å². The fraction of sp³-hybridized carbons (Fsp3) is 0.859. The van der Waals surface area contributed by atoms with Crippen molar-refractivity contribution < 1.29 is 174 Å². The smallest absolute Gasteiger partial charge is 0.394 e. The quantitative estimate of drug-likeness (QED) is 0.0200. The minimum Gasteiger partial charge on any atom is -0.394 e. The van der Waals surface area contributed by atoms with Gasteiger partial charge in [0.1, 0.15) is 97.4 Å². The van der Waals surface area contributed by atoms with E-state index < -0.39 is 210 Å². The molecule has 0 radical (unpaired) electrons. The van der Waals surface area contributed by atoms with Gasteiger partial charge in [-0.3, -0.25) is 66.6 Å². The van der Waals surface area contributed by atoms with Crippen molar-refractivity contribution in [2.24, 2.45) is 0 Å². The molecule has 1 unspecified atom stereocenters. The SMILES string of the molecule is COP(=O)(O)OC[C@@H]1C[C@@H](O)CN1C(=O)CCCCCCCCCCCCC(=O)N[C@@H]1O[C@H](COCCC(=O)NCCCNC(=O)CCCCO[C@@H]2O[C@H](CO)[C@H](O)[C@H](O)[C@H]2NC(C)=O)[C@@H](OCCC(=O)NCCCNC(=O)CCCCO[C@@H]2O[C@H](CO)[C@H](O)[C@H](O)[C@H]2NC(C)=O)[C@H](OCCC(=O)NCCCNC(=O)CCCCO[C@@H]2O[C@H](CO)[C@H](O)[C@H](O)[C@H]2NC(C)=O)[C@H]1NC(C)=O. The number of phosphoric ester groups is 1. The normalized spacial score (nSPS) is 27.3. The first-order valence-corrected chi connectivity index (χ1v) is 48.3. The minimum absolute atomic E-state index is 0.0452. The molecule has 23 atom stereocenters. The van der Waals surface area contributed by atoms with Crippen molar-refractivity contribution in [3.05, 3.63) is 0 Å². The van der Waals surface area contributed by atoms with Gasteiger partial charge in [0, 0.05) is 152 Å². The lowest BCUT2D eigenvalue weighted by molar-refractivity contribution is -0.270. The molecular weight excluding hydrogens is 1800 g/mol. The first-order chi connectivity index (χ1) is 64.1. The molecule has 12 amide bonds. The lowest BCUT2D eigenvalue weighted by atomic mass is 9.94. The molecule has 5 aliphatic rings. The van der Waals surface area contributed by atoms with Gasteiger partial charge in [-0.05, 0) is 77.0 Å². The van der Waals surface area contributed by atoms with Crippen molar-refractivity contribution in [2.45, 2.75) is 342 Å². The predicted molar refractivity (Wildman–Crippen MR) is 470 cm³/mol. The number of nitrogens with one attached hydrogen (secondary N) is 11. The third kappa shape index (κ3) is 45.3. The van der Waals surface area contributed by atoms with E-state index in [1.807, 2.05) is 0 Å². The number of rotatable bonds is 68. The second-order valence-electron chi connectivity index (χ2n) is 33.9. The highest BCUT2D eigenvalue weighted by Crippen LogP contribution is 2.43. The first kappa shape index (κ1) is 117. The lowest BCUT2D eigenvalue weighted by Crippen LogP contribution is -2.69. The van der Waals surface area contributed by atoms with Crippen LogP contribution in [0.2, 0.25) is 0 Å². The monoisotopic (exact) mass is 1950 g/mol. The van der Waals surface area contributed by atoms with Crippen LogP contribution in [0.1, 0.15) is 207 Å². The summed E-state index contributed by atoms with van der Waals surface area (Å²) >= 11 is 0. The minimum atomic E-state index is -4.26. The Labute approximate surface area is 781 Å². The summed E-state index contributed by atoms with van der Waals surface area (Å²) in [6, 6.07) is -5.12. The molecule has 0 bridgehead atoms. The van der Waals surface area contributed by atoms with Gasteiger partial charge in [0.05, 0.1) is 65.0 Å². The number of unbranched alkanes of at least 4 members (excludes halogenated alkanes) is 12. The summed E-state index contributed by atoms with van der Waals surface area (Å²) in [5.74, 6) is -4.92. The molecule has 0 spiro atoms. The molecule has 48 nitrogen and oxygen atoms in total. The van der Waals surface area contributed by atoms with Gasteiger partial charge in [-0.15, -0.1) is 0 Å². The fourth-order valence-electron chi connectivity index (χ4n) is 15.6. The van der Waals surface area contributed by atoms with Crippen LogP contribution < -0.4 is 58.5 Å². The number of ether oxygens (including phenoxy) is 10. The third-order valence-corrected chi connectivity index (χ3v) is 23.7. The molecule has 5 rings (SSSR count). The summed E-state index contributed by atoms with van der Waals surface area (Å²) in [5.41, 5.74) is 0. The Morgan fingerprint density at radius 3 is 1.04 bits per heavy atom. The van der Waals surface area contributed by atoms with E-state index in [2.05, 4.69) is 63.0 Å². The topological polar surface area (TPSA) is 691 Å². The number of likely N-dealkylation sites (tertiary alicyclic amines) is 1. The maximum absolute atomic E-state index is 14.1. The second-order valence-corrected chi connectivity index (χ2v) is 35.5. The highest BCUT2D eigenvalue weighted by atomic mass is 31.2. The Balaban J connectivity index is 1.18. The van der Waals surface area contributed by atoms with Gasteiger partial charge in [0.25, 0.3) is 0 Å². The average Bonchev–Trinajstić information content (AvgIpc) is 0.975. The van der Waals surface area contributed by atoms with Gasteiger partial charge >= 0.3 is 7.82 Å². The maximum atomic E-state index is 14.1. The van der Waals surface area contributed by atoms with Crippen LogP contribution in [-0.4, -0.2) is 392 Å². The summed E-state index contributed by atoms with van der Waals surface area (Å²) < 4.78 is 81.0. The van der Waals surface area contributed by atoms with Gasteiger partial charge in [-0.1, -0.05) is 51.4 Å². The molecule has 134 heavy (non-hydrogen) atoms. The number of nitrogens with zero attached hydrogens (tertiary/aromatic N) is 1. The molecular formula is C85H151N12O36P. The standard InChI is InChI=1S/C85H151N12O36P/c1-52(101)92-70-77(117)74(114)58(47-98)131-83(70)126-39-19-16-25-62(106)86-33-22-36-89-65(109)30-42-123-51-61-80(124-43-31-66(110)90-37-23-34-87-63(107)26-17-20-40-127-84-71(93-53(2)102)78(118)75(115)59(48-99)132-84)81(125-44-32-67(111)91-38-24-35-88-64(108)27-18-21-41-128-85-72(94-54(3)103)79(119)76(116)60(49-100)133-85)73(95-55(4)104)82(130-61)96-68(112)28-14-12-10-8-6-7-9-11-13-15-29-69(113)97-46-57(105)45-56(97)50-129-134(120,121)122-5/h56-61,70-85,98-100,105,114-119H,6-51H2,1-5H3,(H,86,106)(H,87,107)(H,88,108)(H,89,109)(H,90,110)(H,91,111)(H,92,101)(H,93,102)(H,94,103)(H,95,104)(H,96,112)(H,120,121)/t56-,57+,58+,59+,60+,61+,70+,71+,72+,73+,74-,75-,76-,77+,78+,79+,80+,81+,82+,83+,84+,85+/m0/s1. The fourth-order valence-corrected chi connectivity index (χ4v) is 16.1. The summed E-state index contributed by atoms with van der Waals surface area (Å²) in [7, 11) is -3.23. The van der Waals surface area contributed by atoms with E-state index in [-0.39, 0.29) is 180 Å². The van der Waals surface area contributed by atoms with Crippen LogP contribution in [0.3, 0.4) is 0 Å². The van der Waals surface area contributed by atoms with Crippen molar-refractivity contribution in [3.63, 3.8) is 0 Å². The maximum Gasteiger partial charge on any atom is 0.471 e. The van der Waals surface area contributed by atoms with E-state index >= 15 is 0 Å². The van der Waals surface area contributed by atoms with Crippen molar-refractivity contribution >= 4 is 78.7 Å². The number of aliphatic hydroxyl groups is 10. The number of amides is 12. The largest absolute Gasteiger partial charge is 0.471 e. The number of β-amino-alcohol motifs (C(OH)–C–C–N with tert-alkyl or cyclic N) is 1. The number of carbonyl (C=O) groups is 12. The van der Waals surface area contributed by atoms with Gasteiger partial charge in [-0.25, -0.2) is 4.57 Å². The van der Waals surface area contributed by atoms with E-state index in [1.54, 1.807) is 0 Å². The van der Waals surface area contributed by atoms with E-state index in [0.29, 0.717) is 77.0 Å². The highest BCUT2D eigenvalue weighted by molar-refractivity contribution is 7.47. The molecule has 5 saturated heterocycles. The molecule has 0 aromatic rings. The van der Waals surface area contributed by atoms with Crippen LogP contribution in [-0.2, 0) is 119 Å². The number of aliphatic hydroxyl groups excluding tert-OH is 10. The molecule has 5 aliphatic heterocycles. The molecule has 49 heteroatoms. The van der Waals surface area contributed by atoms with Crippen molar-refractivity contribution in [1.82, 2.24) is 63.4 Å². The van der Waals surface area contributed by atoms with Crippen LogP contribution in [0.4, 0.5) is 0 Å². The van der Waals surface area contributed by atoms with Gasteiger partial charge in [0.15, 0.2) is 25.1 Å². The zero-order valence-electron chi connectivity index (χ0n) is 77.7. The summed E-state index contributed by atoms with van der Waals surface area (Å²) in [6.45, 7) is 2.98. The van der Waals surface area contributed by atoms with Crippen molar-refractivity contribution in [1.29, 1.82) is 0 Å². The van der Waals surface area contributed by atoms with Crippen LogP contribution in [0.15, 0.2) is 0 Å². The van der Waals surface area contributed by atoms with Gasteiger partial charge in [0.2, 0.25) is 70.9 Å². The Kier molecular flexibility index (Phi) is 57.6. The summed E-state index contributed by atoms with van der Waals surface area (Å²) in [4.78, 5) is 166. The lowest BCUT2D eigenvalue weighted by Gasteiger charge is -2.46. The zero-order valence-corrected chi connectivity index (χ0v) is 78.6. The van der Waals surface area contributed by atoms with E-state index in [1.165, 1.54) is 32.6 Å². The molecule has 772 valence electrons. The number of hydrogen-bond donors (Lipinski definition) is 22. The van der Waals surface area contributed by atoms with Crippen LogP contribution >= 0.6 is 7.82 Å². The number of phosphoric acid groups is 1. The summed E-state index contributed by atoms with van der Waals surface area (Å²) in [5, 5.41) is 132. The van der Waals surface area contributed by atoms with Gasteiger partial charge < -0.3 is 167 Å². The molecule has 0 aromatic heterocycles. The molecule has 0 aromatic carbocycles. The first-order valence-electron chi connectivity index (χ1n) is 46.8. The Bertz CT molecular complexity index is 3540. The van der Waals surface area contributed by atoms with E-state index in [9.17, 15) is 118 Å². The molecule has 0 aliphatic carbocycles.